The lowest BCUT2D eigenvalue weighted by atomic mass is 10.0. The third kappa shape index (κ3) is 4.72. The van der Waals surface area contributed by atoms with Crippen LogP contribution in [0.15, 0.2) is 71.4 Å². The van der Waals surface area contributed by atoms with Gasteiger partial charge in [0, 0.05) is 5.70 Å². The molecule has 3 rings (SSSR count). The van der Waals surface area contributed by atoms with Crippen LogP contribution in [0.4, 0.5) is 0 Å². The van der Waals surface area contributed by atoms with E-state index in [1.807, 2.05) is 37.3 Å². The summed E-state index contributed by atoms with van der Waals surface area (Å²) in [6, 6.07) is 16.2. The molecule has 0 aliphatic carbocycles. The van der Waals surface area contributed by atoms with Gasteiger partial charge in [0.1, 0.15) is 5.75 Å². The summed E-state index contributed by atoms with van der Waals surface area (Å²) < 4.78 is 14.8. The third-order valence-corrected chi connectivity index (χ3v) is 5.28. The normalized spacial score (nSPS) is 15.7. The standard InChI is InChI=1S/C25H25NO6/c1-16(19-8-6-5-7-9-19)26-17(2)23(25(29)31-4)21(24(26)28)14-18-10-12-20(13-11-18)32-15-22(27)30-3/h5-14,16H,15H2,1-4H3/b21-14-/t16-/m0/s1. The van der Waals surface area contributed by atoms with Crippen LogP contribution in [0.5, 0.6) is 5.75 Å². The molecule has 0 aromatic heterocycles. The molecule has 0 spiro atoms. The number of benzene rings is 2. The molecule has 0 saturated carbocycles. The number of rotatable bonds is 7. The summed E-state index contributed by atoms with van der Waals surface area (Å²) in [7, 11) is 2.58. The minimum Gasteiger partial charge on any atom is -0.482 e. The van der Waals surface area contributed by atoms with Crippen molar-refractivity contribution in [3.8, 4) is 5.75 Å². The van der Waals surface area contributed by atoms with Gasteiger partial charge < -0.3 is 19.1 Å². The highest BCUT2D eigenvalue weighted by Gasteiger charge is 2.39. The minimum atomic E-state index is -0.567. The first kappa shape index (κ1) is 22.8. The van der Waals surface area contributed by atoms with Crippen molar-refractivity contribution in [2.75, 3.05) is 20.8 Å². The van der Waals surface area contributed by atoms with E-state index in [0.29, 0.717) is 17.0 Å². The van der Waals surface area contributed by atoms with Crippen molar-refractivity contribution >= 4 is 23.9 Å². The van der Waals surface area contributed by atoms with E-state index in [-0.39, 0.29) is 29.7 Å². The van der Waals surface area contributed by atoms with Gasteiger partial charge >= 0.3 is 11.9 Å². The summed E-state index contributed by atoms with van der Waals surface area (Å²) in [5.74, 6) is -0.841. The van der Waals surface area contributed by atoms with Crippen molar-refractivity contribution in [1.82, 2.24) is 4.90 Å². The Morgan fingerprint density at radius 1 is 1.00 bits per heavy atom. The lowest BCUT2D eigenvalue weighted by Crippen LogP contribution is -2.28. The molecule has 2 aromatic carbocycles. The summed E-state index contributed by atoms with van der Waals surface area (Å²) in [6.45, 7) is 3.46. The largest absolute Gasteiger partial charge is 0.482 e. The SMILES string of the molecule is COC(=O)COc1ccc(/C=C2\C(=O)N([C@@H](C)c3ccccc3)C(C)=C2C(=O)OC)cc1. The fourth-order valence-electron chi connectivity index (χ4n) is 3.57. The molecule has 2 aromatic rings. The second-order valence-corrected chi connectivity index (χ2v) is 7.21. The number of amides is 1. The van der Waals surface area contributed by atoms with Gasteiger partial charge in [-0.2, -0.15) is 0 Å². The van der Waals surface area contributed by atoms with Gasteiger partial charge in [0.25, 0.3) is 5.91 Å². The zero-order chi connectivity index (χ0) is 23.3. The van der Waals surface area contributed by atoms with Crippen molar-refractivity contribution in [2.24, 2.45) is 0 Å². The molecule has 0 saturated heterocycles. The van der Waals surface area contributed by atoms with E-state index in [9.17, 15) is 14.4 Å². The van der Waals surface area contributed by atoms with Crippen molar-refractivity contribution in [2.45, 2.75) is 19.9 Å². The number of hydrogen-bond donors (Lipinski definition) is 0. The van der Waals surface area contributed by atoms with Gasteiger partial charge in [-0.1, -0.05) is 42.5 Å². The smallest absolute Gasteiger partial charge is 0.343 e. The quantitative estimate of drug-likeness (QED) is 0.488. The van der Waals surface area contributed by atoms with Crippen LogP contribution >= 0.6 is 0 Å². The number of carbonyl (C=O) groups excluding carboxylic acids is 3. The Kier molecular flexibility index (Phi) is 7.10. The van der Waals surface area contributed by atoms with E-state index in [4.69, 9.17) is 9.47 Å². The summed E-state index contributed by atoms with van der Waals surface area (Å²) >= 11 is 0. The Morgan fingerprint density at radius 2 is 1.66 bits per heavy atom. The number of allylic oxidation sites excluding steroid dienone is 1. The molecule has 0 bridgehead atoms. The summed E-state index contributed by atoms with van der Waals surface area (Å²) in [4.78, 5) is 38.7. The average Bonchev–Trinajstić information content (AvgIpc) is 3.07. The van der Waals surface area contributed by atoms with E-state index >= 15 is 0 Å². The molecule has 1 amide bonds. The number of nitrogens with zero attached hydrogens (tertiary/aromatic N) is 1. The van der Waals surface area contributed by atoms with Crippen LogP contribution < -0.4 is 4.74 Å². The molecule has 1 heterocycles. The topological polar surface area (TPSA) is 82.1 Å². The fraction of sp³-hybridized carbons (Fsp3) is 0.240. The highest BCUT2D eigenvalue weighted by molar-refractivity contribution is 6.16. The zero-order valence-corrected chi connectivity index (χ0v) is 18.5. The maximum atomic E-state index is 13.4. The van der Waals surface area contributed by atoms with Gasteiger partial charge in [-0.3, -0.25) is 4.79 Å². The maximum Gasteiger partial charge on any atom is 0.343 e. The maximum absolute atomic E-state index is 13.4. The number of ether oxygens (including phenoxy) is 3. The van der Waals surface area contributed by atoms with E-state index < -0.39 is 11.9 Å². The second-order valence-electron chi connectivity index (χ2n) is 7.21. The molecule has 0 fully saturated rings. The van der Waals surface area contributed by atoms with E-state index in [0.717, 1.165) is 5.56 Å². The Hall–Kier alpha value is -3.87. The number of hydrogen-bond acceptors (Lipinski definition) is 6. The van der Waals surface area contributed by atoms with E-state index in [2.05, 4.69) is 4.74 Å². The van der Waals surface area contributed by atoms with Gasteiger partial charge in [0.05, 0.1) is 31.4 Å². The molecule has 166 valence electrons. The molecular weight excluding hydrogens is 410 g/mol. The summed E-state index contributed by atoms with van der Waals surface area (Å²) in [5, 5.41) is 0. The monoisotopic (exact) mass is 435 g/mol. The first-order chi connectivity index (χ1) is 15.4. The molecule has 7 nitrogen and oxygen atoms in total. The van der Waals surface area contributed by atoms with Gasteiger partial charge in [-0.25, -0.2) is 9.59 Å². The molecular formula is C25H25NO6. The van der Waals surface area contributed by atoms with E-state index in [1.54, 1.807) is 42.2 Å². The van der Waals surface area contributed by atoms with Crippen LogP contribution in [0.25, 0.3) is 6.08 Å². The van der Waals surface area contributed by atoms with Gasteiger partial charge in [0.15, 0.2) is 6.61 Å². The predicted octanol–water partition coefficient (Wildman–Crippen LogP) is 3.67. The molecule has 1 aliphatic rings. The predicted molar refractivity (Wildman–Crippen MR) is 118 cm³/mol. The lowest BCUT2D eigenvalue weighted by Gasteiger charge is -2.26. The van der Waals surface area contributed by atoms with E-state index in [1.165, 1.54) is 14.2 Å². The molecule has 32 heavy (non-hydrogen) atoms. The van der Waals surface area contributed by atoms with Crippen LogP contribution in [0.3, 0.4) is 0 Å². The highest BCUT2D eigenvalue weighted by atomic mass is 16.6. The molecule has 1 atom stereocenters. The number of carbonyl (C=O) groups is 3. The van der Waals surface area contributed by atoms with Gasteiger partial charge in [0.2, 0.25) is 0 Å². The first-order valence-electron chi connectivity index (χ1n) is 10.1. The molecule has 0 radical (unpaired) electrons. The second kappa shape index (κ2) is 9.96. The van der Waals surface area contributed by atoms with Crippen LogP contribution in [0.1, 0.15) is 31.0 Å². The Balaban J connectivity index is 1.92. The molecule has 0 N–H and O–H groups in total. The van der Waals surface area contributed by atoms with Crippen molar-refractivity contribution in [3.63, 3.8) is 0 Å². The van der Waals surface area contributed by atoms with Crippen LogP contribution in [0, 0.1) is 0 Å². The lowest BCUT2D eigenvalue weighted by molar-refractivity contribution is -0.143. The third-order valence-electron chi connectivity index (χ3n) is 5.28. The fourth-order valence-corrected chi connectivity index (χ4v) is 3.57. The summed E-state index contributed by atoms with van der Waals surface area (Å²) in [6.07, 6.45) is 1.65. The minimum absolute atomic E-state index is 0.198. The zero-order valence-electron chi connectivity index (χ0n) is 18.5. The molecule has 1 aliphatic heterocycles. The summed E-state index contributed by atoms with van der Waals surface area (Å²) in [5.41, 5.74) is 2.70. The van der Waals surface area contributed by atoms with Crippen molar-refractivity contribution in [3.05, 3.63) is 82.6 Å². The Morgan fingerprint density at radius 3 is 2.25 bits per heavy atom. The van der Waals surface area contributed by atoms with Gasteiger partial charge in [-0.05, 0) is 43.2 Å². The highest BCUT2D eigenvalue weighted by Crippen LogP contribution is 2.37. The van der Waals surface area contributed by atoms with Gasteiger partial charge in [-0.15, -0.1) is 0 Å². The van der Waals surface area contributed by atoms with Crippen molar-refractivity contribution < 1.29 is 28.6 Å². The molecule has 7 heteroatoms. The van der Waals surface area contributed by atoms with Crippen LogP contribution in [-0.2, 0) is 23.9 Å². The average molecular weight is 435 g/mol. The van der Waals surface area contributed by atoms with Crippen molar-refractivity contribution in [1.29, 1.82) is 0 Å². The number of methoxy groups -OCH3 is 2. The Labute approximate surface area is 186 Å². The first-order valence-corrected chi connectivity index (χ1v) is 10.1. The Bertz CT molecular complexity index is 1070. The number of esters is 2. The van der Waals surface area contributed by atoms with Crippen LogP contribution in [-0.4, -0.2) is 43.6 Å². The molecule has 0 unspecified atom stereocenters. The van der Waals surface area contributed by atoms with Crippen LogP contribution in [0.2, 0.25) is 0 Å².